The maximum Gasteiger partial charge on any atom is 0.138 e. The second kappa shape index (κ2) is 8.29. The summed E-state index contributed by atoms with van der Waals surface area (Å²) in [5.74, 6) is 2.66. The van der Waals surface area contributed by atoms with Gasteiger partial charge in [-0.3, -0.25) is 9.97 Å². The molecule has 1 N–H and O–H groups in total. The smallest absolute Gasteiger partial charge is 0.138 e. The van der Waals surface area contributed by atoms with Gasteiger partial charge in [0.05, 0.1) is 34.2 Å². The average Bonchev–Trinajstić information content (AvgIpc) is 2.99. The largest absolute Gasteiger partial charge is 0.380 e. The fourth-order valence-corrected chi connectivity index (χ4v) is 8.16. The molecular weight excluding hydrogens is 492 g/mol. The van der Waals surface area contributed by atoms with Crippen molar-refractivity contribution < 1.29 is 5.11 Å². The van der Waals surface area contributed by atoms with Crippen LogP contribution in [0.1, 0.15) is 92.4 Å². The predicted molar refractivity (Wildman–Crippen MR) is 156 cm³/mol. The number of nitrogens with zero attached hydrogens (tertiary/aromatic N) is 4. The van der Waals surface area contributed by atoms with E-state index in [9.17, 15) is 5.11 Å². The molecule has 4 atom stereocenters. The van der Waals surface area contributed by atoms with Crippen molar-refractivity contribution in [1.29, 1.82) is 0 Å². The van der Waals surface area contributed by atoms with Gasteiger partial charge in [-0.1, -0.05) is 52.0 Å². The Morgan fingerprint density at radius 1 is 0.600 bits per heavy atom. The fourth-order valence-electron chi connectivity index (χ4n) is 8.16. The van der Waals surface area contributed by atoms with Gasteiger partial charge >= 0.3 is 0 Å². The van der Waals surface area contributed by atoms with E-state index >= 15 is 0 Å². The zero-order valence-corrected chi connectivity index (χ0v) is 23.7. The van der Waals surface area contributed by atoms with Crippen LogP contribution in [-0.4, -0.2) is 25.0 Å². The zero-order valence-electron chi connectivity index (χ0n) is 23.7. The SMILES string of the molecule is CC1(C)[C@H]2Cc3nc(-c4cccc(C(O)c5cccc(-c6ccc7c(n6)C[C@H]6C[C@@H]7C6(C)C)n5)n4)ccc3[C@@H]1C2. The second-order valence-corrected chi connectivity index (χ2v) is 13.8. The molecule has 10 rings (SSSR count). The fraction of sp³-hybridized carbons (Fsp3) is 0.429. The van der Waals surface area contributed by atoms with Gasteiger partial charge in [0.15, 0.2) is 0 Å². The molecule has 0 radical (unpaired) electrons. The molecule has 40 heavy (non-hydrogen) atoms. The average molecular weight is 529 g/mol. The molecule has 4 aromatic heterocycles. The van der Waals surface area contributed by atoms with Crippen molar-refractivity contribution in [2.24, 2.45) is 22.7 Å². The Morgan fingerprint density at radius 2 is 1.02 bits per heavy atom. The van der Waals surface area contributed by atoms with Crippen LogP contribution in [0.3, 0.4) is 0 Å². The molecule has 2 saturated carbocycles. The molecule has 0 spiro atoms. The minimum absolute atomic E-state index is 0.381. The first-order valence-corrected chi connectivity index (χ1v) is 14.8. The Bertz CT molecular complexity index is 1550. The molecule has 4 bridgehead atoms. The van der Waals surface area contributed by atoms with Gasteiger partial charge in [-0.05, 0) is 108 Å². The van der Waals surface area contributed by atoms with Crippen LogP contribution >= 0.6 is 0 Å². The van der Waals surface area contributed by atoms with E-state index in [2.05, 4.69) is 52.0 Å². The van der Waals surface area contributed by atoms with Gasteiger partial charge in [0.1, 0.15) is 6.10 Å². The number of aromatic nitrogens is 4. The summed E-state index contributed by atoms with van der Waals surface area (Å²) in [5, 5.41) is 11.3. The summed E-state index contributed by atoms with van der Waals surface area (Å²) in [7, 11) is 0. The lowest BCUT2D eigenvalue weighted by atomic mass is 9.48. The molecular formula is C35H36N4O. The van der Waals surface area contributed by atoms with Crippen LogP contribution in [0.4, 0.5) is 0 Å². The molecule has 0 saturated heterocycles. The molecule has 0 aliphatic heterocycles. The van der Waals surface area contributed by atoms with E-state index in [-0.39, 0.29) is 0 Å². The van der Waals surface area contributed by atoms with Crippen LogP contribution in [0.5, 0.6) is 0 Å². The Balaban J connectivity index is 1.07. The lowest BCUT2D eigenvalue weighted by Gasteiger charge is -2.56. The number of aliphatic hydroxyl groups excluding tert-OH is 1. The normalized spacial score (nSPS) is 26.4. The Hall–Kier alpha value is -3.44. The summed E-state index contributed by atoms with van der Waals surface area (Å²) in [4.78, 5) is 19.8. The zero-order chi connectivity index (χ0) is 27.4. The highest BCUT2D eigenvalue weighted by Crippen LogP contribution is 2.62. The van der Waals surface area contributed by atoms with Crippen molar-refractivity contribution in [2.45, 2.75) is 71.3 Å². The van der Waals surface area contributed by atoms with Crippen molar-refractivity contribution in [3.05, 3.63) is 94.6 Å². The summed E-state index contributed by atoms with van der Waals surface area (Å²) < 4.78 is 0. The van der Waals surface area contributed by atoms with Crippen molar-refractivity contribution in [2.75, 3.05) is 0 Å². The third kappa shape index (κ3) is 3.43. The molecule has 0 unspecified atom stereocenters. The van der Waals surface area contributed by atoms with Crippen LogP contribution in [0.15, 0.2) is 60.7 Å². The number of rotatable bonds is 4. The van der Waals surface area contributed by atoms with Crippen LogP contribution in [0.2, 0.25) is 0 Å². The topological polar surface area (TPSA) is 71.8 Å². The number of hydrogen-bond acceptors (Lipinski definition) is 5. The van der Waals surface area contributed by atoms with E-state index in [1.165, 1.54) is 35.4 Å². The van der Waals surface area contributed by atoms with Gasteiger partial charge in [0, 0.05) is 11.4 Å². The quantitative estimate of drug-likeness (QED) is 0.307. The molecule has 4 heterocycles. The number of aliphatic hydroxyl groups is 1. The van der Waals surface area contributed by atoms with E-state index < -0.39 is 6.10 Å². The monoisotopic (exact) mass is 528 g/mol. The van der Waals surface area contributed by atoms with Crippen LogP contribution in [0, 0.1) is 22.7 Å². The standard InChI is InChI=1S/C35H36N4O/c1-34(2)19-15-23(34)21-11-13-27(38-31(21)17-19)25-7-5-9-29(36-25)33(40)30-10-6-8-26(37-30)28-14-12-22-24-16-20(35(24,3)4)18-32(22)39-28/h5-14,19-20,23-24,33,40H,15-18H2,1-4H3/t19-,20-,23+,24+/m1/s1. The lowest BCUT2D eigenvalue weighted by Crippen LogP contribution is -2.48. The van der Waals surface area contributed by atoms with Crippen molar-refractivity contribution in [3.63, 3.8) is 0 Å². The predicted octanol–water partition coefficient (Wildman–Crippen LogP) is 7.05. The summed E-state index contributed by atoms with van der Waals surface area (Å²) in [5.41, 5.74) is 10.5. The van der Waals surface area contributed by atoms with E-state index in [4.69, 9.17) is 19.9 Å². The van der Waals surface area contributed by atoms with Crippen molar-refractivity contribution >= 4 is 0 Å². The lowest BCUT2D eigenvalue weighted by molar-refractivity contribution is 0.0170. The molecule has 0 aromatic carbocycles. The minimum atomic E-state index is -0.933. The minimum Gasteiger partial charge on any atom is -0.380 e. The Kier molecular flexibility index (Phi) is 5.05. The highest BCUT2D eigenvalue weighted by atomic mass is 16.3. The molecule has 5 heteroatoms. The molecule has 5 nitrogen and oxygen atoms in total. The van der Waals surface area contributed by atoms with Gasteiger partial charge in [0.2, 0.25) is 0 Å². The molecule has 0 amide bonds. The van der Waals surface area contributed by atoms with Gasteiger partial charge in [-0.25, -0.2) is 9.97 Å². The number of pyridine rings is 4. The van der Waals surface area contributed by atoms with Gasteiger partial charge < -0.3 is 5.11 Å². The molecule has 6 aliphatic carbocycles. The van der Waals surface area contributed by atoms with Gasteiger partial charge in [0.25, 0.3) is 0 Å². The van der Waals surface area contributed by atoms with Crippen molar-refractivity contribution in [1.82, 2.24) is 19.9 Å². The Labute approximate surface area is 236 Å². The van der Waals surface area contributed by atoms with E-state index in [0.29, 0.717) is 45.9 Å². The number of hydrogen-bond donors (Lipinski definition) is 1. The molecule has 202 valence electrons. The first kappa shape index (κ1) is 24.4. The van der Waals surface area contributed by atoms with E-state index in [1.54, 1.807) is 0 Å². The summed E-state index contributed by atoms with van der Waals surface area (Å²) >= 11 is 0. The molecule has 4 aromatic rings. The summed E-state index contributed by atoms with van der Waals surface area (Å²) in [6.45, 7) is 9.57. The first-order chi connectivity index (χ1) is 19.2. The van der Waals surface area contributed by atoms with Crippen LogP contribution in [0.25, 0.3) is 22.8 Å². The molecule has 6 aliphatic rings. The van der Waals surface area contributed by atoms with Gasteiger partial charge in [-0.2, -0.15) is 0 Å². The molecule has 2 fully saturated rings. The summed E-state index contributed by atoms with van der Waals surface area (Å²) in [6, 6.07) is 20.3. The van der Waals surface area contributed by atoms with Gasteiger partial charge in [-0.15, -0.1) is 0 Å². The van der Waals surface area contributed by atoms with E-state index in [0.717, 1.165) is 35.6 Å². The van der Waals surface area contributed by atoms with Crippen LogP contribution in [-0.2, 0) is 12.8 Å². The van der Waals surface area contributed by atoms with Crippen molar-refractivity contribution in [3.8, 4) is 22.8 Å². The summed E-state index contributed by atoms with van der Waals surface area (Å²) in [6.07, 6.45) is 3.72. The second-order valence-electron chi connectivity index (χ2n) is 13.8. The third-order valence-electron chi connectivity index (χ3n) is 11.2. The first-order valence-electron chi connectivity index (χ1n) is 14.8. The maximum absolute atomic E-state index is 11.3. The van der Waals surface area contributed by atoms with E-state index in [1.807, 2.05) is 36.4 Å². The van der Waals surface area contributed by atoms with Crippen LogP contribution < -0.4 is 0 Å². The Morgan fingerprint density at radius 3 is 1.45 bits per heavy atom. The highest BCUT2D eigenvalue weighted by Gasteiger charge is 2.53. The third-order valence-corrected chi connectivity index (χ3v) is 11.2. The maximum atomic E-state index is 11.3. The highest BCUT2D eigenvalue weighted by molar-refractivity contribution is 5.58.